The van der Waals surface area contributed by atoms with Crippen LogP contribution in [-0.4, -0.2) is 32.1 Å². The maximum Gasteiger partial charge on any atom is 0.344 e. The average molecular weight is 345 g/mol. The van der Waals surface area contributed by atoms with Crippen LogP contribution in [0.1, 0.15) is 24.2 Å². The van der Waals surface area contributed by atoms with Gasteiger partial charge in [0.25, 0.3) is 0 Å². The van der Waals surface area contributed by atoms with Crippen LogP contribution in [0.25, 0.3) is 0 Å². The molecule has 0 aliphatic rings. The van der Waals surface area contributed by atoms with Gasteiger partial charge < -0.3 is 19.0 Å². The Morgan fingerprint density at radius 1 is 1.25 bits per heavy atom. The summed E-state index contributed by atoms with van der Waals surface area (Å²) in [6, 6.07) is 5.10. The summed E-state index contributed by atoms with van der Waals surface area (Å²) < 4.78 is 15.6. The van der Waals surface area contributed by atoms with E-state index >= 15 is 0 Å². The van der Waals surface area contributed by atoms with E-state index in [1.54, 1.807) is 25.1 Å². The molecule has 0 N–H and O–H groups in total. The fourth-order valence-corrected chi connectivity index (χ4v) is 1.79. The topological polar surface area (TPSA) is 61.8 Å². The highest BCUT2D eigenvalue weighted by Gasteiger charge is 2.13. The van der Waals surface area contributed by atoms with Crippen molar-refractivity contribution in [1.29, 1.82) is 0 Å². The molecular weight excluding hydrogens is 328 g/mol. The second-order valence-corrected chi connectivity index (χ2v) is 4.76. The van der Waals surface area contributed by atoms with Gasteiger partial charge in [0.2, 0.25) is 0 Å². The average Bonchev–Trinajstić information content (AvgIpc) is 2.45. The molecule has 0 radical (unpaired) electrons. The molecule has 0 aliphatic heterocycles. The fourth-order valence-electron chi connectivity index (χ4n) is 1.50. The highest BCUT2D eigenvalue weighted by Crippen LogP contribution is 2.32. The standard InChI is InChI=1S/C14H17BrO5/c1-3-18-13-7-10(11(15)8-16)5-6-12(13)20-9-14(17)19-4-2/h5-8,11H,3-4,9H2,1-2H3. The van der Waals surface area contributed by atoms with Gasteiger partial charge >= 0.3 is 5.97 Å². The van der Waals surface area contributed by atoms with Crippen molar-refractivity contribution in [2.24, 2.45) is 0 Å². The van der Waals surface area contributed by atoms with Gasteiger partial charge in [-0.25, -0.2) is 4.79 Å². The van der Waals surface area contributed by atoms with E-state index in [0.717, 1.165) is 11.8 Å². The van der Waals surface area contributed by atoms with E-state index in [2.05, 4.69) is 15.9 Å². The molecule has 6 heteroatoms. The first-order valence-electron chi connectivity index (χ1n) is 6.26. The summed E-state index contributed by atoms with van der Waals surface area (Å²) in [5.41, 5.74) is 0.756. The molecule has 0 heterocycles. The molecule has 20 heavy (non-hydrogen) atoms. The predicted molar refractivity (Wildman–Crippen MR) is 77.5 cm³/mol. The van der Waals surface area contributed by atoms with Gasteiger partial charge in [-0.2, -0.15) is 0 Å². The number of halogens is 1. The maximum atomic E-state index is 11.3. The maximum absolute atomic E-state index is 11.3. The van der Waals surface area contributed by atoms with E-state index in [1.807, 2.05) is 6.92 Å². The molecule has 0 amide bonds. The number of ether oxygens (including phenoxy) is 3. The lowest BCUT2D eigenvalue weighted by Gasteiger charge is -2.13. The van der Waals surface area contributed by atoms with Crippen LogP contribution in [-0.2, 0) is 14.3 Å². The number of aldehydes is 1. The van der Waals surface area contributed by atoms with Crippen molar-refractivity contribution >= 4 is 28.2 Å². The summed E-state index contributed by atoms with van der Waals surface area (Å²) in [6.45, 7) is 4.15. The van der Waals surface area contributed by atoms with Crippen LogP contribution >= 0.6 is 15.9 Å². The van der Waals surface area contributed by atoms with Gasteiger partial charge in [0, 0.05) is 0 Å². The van der Waals surface area contributed by atoms with Crippen molar-refractivity contribution < 1.29 is 23.8 Å². The Balaban J connectivity index is 2.84. The second kappa shape index (κ2) is 8.58. The van der Waals surface area contributed by atoms with Gasteiger partial charge in [-0.1, -0.05) is 22.0 Å². The molecule has 0 aliphatic carbocycles. The van der Waals surface area contributed by atoms with Crippen molar-refractivity contribution in [3.05, 3.63) is 23.8 Å². The molecule has 0 aromatic heterocycles. The van der Waals surface area contributed by atoms with E-state index in [1.165, 1.54) is 0 Å². The van der Waals surface area contributed by atoms with Crippen LogP contribution in [0.15, 0.2) is 18.2 Å². The number of esters is 1. The monoisotopic (exact) mass is 344 g/mol. The summed E-state index contributed by atoms with van der Waals surface area (Å²) in [5, 5.41) is 0. The molecule has 0 saturated heterocycles. The lowest BCUT2D eigenvalue weighted by molar-refractivity contribution is -0.145. The molecule has 1 unspecified atom stereocenters. The molecule has 5 nitrogen and oxygen atoms in total. The summed E-state index contributed by atoms with van der Waals surface area (Å²) >= 11 is 3.24. The first kappa shape index (κ1) is 16.5. The zero-order valence-corrected chi connectivity index (χ0v) is 13.0. The number of benzene rings is 1. The Morgan fingerprint density at radius 3 is 2.60 bits per heavy atom. The summed E-state index contributed by atoms with van der Waals surface area (Å²) in [4.78, 5) is 21.6. The van der Waals surface area contributed by atoms with Crippen molar-refractivity contribution in [2.75, 3.05) is 19.8 Å². The largest absolute Gasteiger partial charge is 0.490 e. The lowest BCUT2D eigenvalue weighted by Crippen LogP contribution is -2.15. The first-order valence-corrected chi connectivity index (χ1v) is 7.18. The SMILES string of the molecule is CCOC(=O)COc1ccc(C(Br)C=O)cc1OCC. The minimum Gasteiger partial charge on any atom is -0.490 e. The molecule has 0 spiro atoms. The van der Waals surface area contributed by atoms with E-state index < -0.39 is 10.8 Å². The fraction of sp³-hybridized carbons (Fsp3) is 0.429. The van der Waals surface area contributed by atoms with Crippen LogP contribution in [0.2, 0.25) is 0 Å². The van der Waals surface area contributed by atoms with Crippen molar-refractivity contribution in [3.8, 4) is 11.5 Å². The summed E-state index contributed by atoms with van der Waals surface area (Å²) in [5.74, 6) is 0.486. The third-order valence-electron chi connectivity index (χ3n) is 2.36. The Hall–Kier alpha value is -1.56. The zero-order chi connectivity index (χ0) is 15.0. The number of carbonyl (C=O) groups excluding carboxylic acids is 2. The van der Waals surface area contributed by atoms with Crippen LogP contribution in [0.3, 0.4) is 0 Å². The Kier molecular flexibility index (Phi) is 7.08. The third-order valence-corrected chi connectivity index (χ3v) is 3.10. The van der Waals surface area contributed by atoms with Gasteiger partial charge in [-0.15, -0.1) is 0 Å². The van der Waals surface area contributed by atoms with Crippen LogP contribution in [0.5, 0.6) is 11.5 Å². The van der Waals surface area contributed by atoms with Crippen LogP contribution in [0.4, 0.5) is 0 Å². The molecule has 0 bridgehead atoms. The molecule has 1 rings (SSSR count). The normalized spacial score (nSPS) is 11.6. The number of carbonyl (C=O) groups is 2. The highest BCUT2D eigenvalue weighted by atomic mass is 79.9. The van der Waals surface area contributed by atoms with Gasteiger partial charge in [0.05, 0.1) is 18.0 Å². The highest BCUT2D eigenvalue weighted by molar-refractivity contribution is 9.09. The third kappa shape index (κ3) is 4.85. The minimum atomic E-state index is -0.440. The molecule has 0 saturated carbocycles. The van der Waals surface area contributed by atoms with Gasteiger partial charge in [-0.05, 0) is 31.5 Å². The van der Waals surface area contributed by atoms with Gasteiger partial charge in [0.15, 0.2) is 18.1 Å². The molecule has 1 atom stereocenters. The van der Waals surface area contributed by atoms with E-state index in [0.29, 0.717) is 24.7 Å². The summed E-state index contributed by atoms with van der Waals surface area (Å²) in [7, 11) is 0. The number of hydrogen-bond donors (Lipinski definition) is 0. The minimum absolute atomic E-state index is 0.182. The summed E-state index contributed by atoms with van der Waals surface area (Å²) in [6.07, 6.45) is 0.782. The van der Waals surface area contributed by atoms with E-state index in [-0.39, 0.29) is 6.61 Å². The van der Waals surface area contributed by atoms with E-state index in [4.69, 9.17) is 14.2 Å². The quantitative estimate of drug-likeness (QED) is 0.412. The number of rotatable bonds is 8. The zero-order valence-electron chi connectivity index (χ0n) is 11.4. The first-order chi connectivity index (χ1) is 9.62. The van der Waals surface area contributed by atoms with Gasteiger partial charge in [-0.3, -0.25) is 0 Å². The molecule has 1 aromatic carbocycles. The van der Waals surface area contributed by atoms with E-state index in [9.17, 15) is 9.59 Å². The Bertz CT molecular complexity index is 461. The second-order valence-electron chi connectivity index (χ2n) is 3.77. The molecular formula is C14H17BrO5. The molecule has 1 aromatic rings. The van der Waals surface area contributed by atoms with Crippen LogP contribution < -0.4 is 9.47 Å². The van der Waals surface area contributed by atoms with Gasteiger partial charge in [0.1, 0.15) is 6.29 Å². The van der Waals surface area contributed by atoms with Crippen LogP contribution in [0, 0.1) is 0 Å². The van der Waals surface area contributed by atoms with Crippen molar-refractivity contribution in [3.63, 3.8) is 0 Å². The lowest BCUT2D eigenvalue weighted by atomic mass is 10.1. The number of alkyl halides is 1. The van der Waals surface area contributed by atoms with Crippen molar-refractivity contribution in [1.82, 2.24) is 0 Å². The van der Waals surface area contributed by atoms with Crippen molar-refractivity contribution in [2.45, 2.75) is 18.7 Å². The Morgan fingerprint density at radius 2 is 2.00 bits per heavy atom. The molecule has 110 valence electrons. The molecule has 0 fully saturated rings. The smallest absolute Gasteiger partial charge is 0.344 e. The predicted octanol–water partition coefficient (Wildman–Crippen LogP) is 2.66. The number of hydrogen-bond acceptors (Lipinski definition) is 5. The Labute approximate surface area is 126 Å².